The fourth-order valence-corrected chi connectivity index (χ4v) is 2.50. The highest BCUT2D eigenvalue weighted by Crippen LogP contribution is 2.42. The third-order valence-corrected chi connectivity index (χ3v) is 3.50. The van der Waals surface area contributed by atoms with Crippen LogP contribution in [-0.4, -0.2) is 23.7 Å². The SMILES string of the molecule is C=CC1=C(C=C)C(C)(C)CCC1N(C=N)C=O. The number of nitrogens with zero attached hydrogens (tertiary/aromatic N) is 1. The molecule has 0 spiro atoms. The Hall–Kier alpha value is -1.64. The molecule has 0 saturated carbocycles. The first-order valence-corrected chi connectivity index (χ1v) is 5.74. The van der Waals surface area contributed by atoms with Crippen molar-refractivity contribution in [2.45, 2.75) is 32.7 Å². The number of nitrogens with one attached hydrogen (secondary N) is 1. The third kappa shape index (κ3) is 2.38. The molecule has 0 fully saturated rings. The van der Waals surface area contributed by atoms with Gasteiger partial charge in [-0.1, -0.05) is 39.2 Å². The first kappa shape index (κ1) is 13.4. The normalized spacial score (nSPS) is 22.8. The van der Waals surface area contributed by atoms with Gasteiger partial charge in [0.05, 0.1) is 12.4 Å². The fraction of sp³-hybridized carbons (Fsp3) is 0.429. The van der Waals surface area contributed by atoms with Crippen molar-refractivity contribution in [3.05, 3.63) is 36.5 Å². The zero-order valence-corrected chi connectivity index (χ0v) is 10.6. The van der Waals surface area contributed by atoms with Crippen molar-refractivity contribution in [2.75, 3.05) is 0 Å². The van der Waals surface area contributed by atoms with E-state index in [9.17, 15) is 4.79 Å². The number of allylic oxidation sites excluding steroid dienone is 2. The van der Waals surface area contributed by atoms with E-state index in [1.165, 1.54) is 4.90 Å². The highest BCUT2D eigenvalue weighted by molar-refractivity contribution is 5.72. The molecule has 17 heavy (non-hydrogen) atoms. The Bertz CT molecular complexity index is 372. The quantitative estimate of drug-likeness (QED) is 0.442. The van der Waals surface area contributed by atoms with Crippen LogP contribution in [0.3, 0.4) is 0 Å². The van der Waals surface area contributed by atoms with Crippen LogP contribution < -0.4 is 0 Å². The topological polar surface area (TPSA) is 44.2 Å². The van der Waals surface area contributed by atoms with Crippen molar-refractivity contribution < 1.29 is 4.79 Å². The summed E-state index contributed by atoms with van der Waals surface area (Å²) in [4.78, 5) is 12.3. The van der Waals surface area contributed by atoms with Crippen LogP contribution in [0.1, 0.15) is 26.7 Å². The number of amides is 1. The smallest absolute Gasteiger partial charge is 0.215 e. The summed E-state index contributed by atoms with van der Waals surface area (Å²) >= 11 is 0. The Balaban J connectivity index is 3.28. The van der Waals surface area contributed by atoms with Gasteiger partial charge in [0.25, 0.3) is 0 Å². The largest absolute Gasteiger partial charge is 0.298 e. The summed E-state index contributed by atoms with van der Waals surface area (Å²) in [7, 11) is 0. The summed E-state index contributed by atoms with van der Waals surface area (Å²) in [6, 6.07) is -0.0801. The molecule has 3 nitrogen and oxygen atoms in total. The molecule has 1 amide bonds. The lowest BCUT2D eigenvalue weighted by Crippen LogP contribution is -2.39. The van der Waals surface area contributed by atoms with E-state index in [1.54, 1.807) is 6.08 Å². The highest BCUT2D eigenvalue weighted by Gasteiger charge is 2.34. The molecule has 1 N–H and O–H groups in total. The molecule has 0 aromatic carbocycles. The van der Waals surface area contributed by atoms with E-state index in [0.29, 0.717) is 6.41 Å². The molecule has 0 bridgehead atoms. The maximum Gasteiger partial charge on any atom is 0.215 e. The molecule has 3 heteroatoms. The monoisotopic (exact) mass is 232 g/mol. The lowest BCUT2D eigenvalue weighted by molar-refractivity contribution is -0.115. The van der Waals surface area contributed by atoms with Gasteiger partial charge < -0.3 is 0 Å². The molecular weight excluding hydrogens is 212 g/mol. The molecule has 0 radical (unpaired) electrons. The van der Waals surface area contributed by atoms with Gasteiger partial charge in [-0.3, -0.25) is 15.1 Å². The van der Waals surface area contributed by atoms with Crippen molar-refractivity contribution in [1.29, 1.82) is 5.41 Å². The Labute approximate surface area is 103 Å². The number of hydrogen-bond donors (Lipinski definition) is 1. The van der Waals surface area contributed by atoms with Crippen LogP contribution in [0.4, 0.5) is 0 Å². The van der Waals surface area contributed by atoms with Crippen LogP contribution in [0.15, 0.2) is 36.5 Å². The summed E-state index contributed by atoms with van der Waals surface area (Å²) in [6.45, 7) is 12.0. The minimum absolute atomic E-state index is 0.0539. The van der Waals surface area contributed by atoms with E-state index >= 15 is 0 Å². The first-order chi connectivity index (χ1) is 8.01. The summed E-state index contributed by atoms with van der Waals surface area (Å²) < 4.78 is 0. The second-order valence-electron chi connectivity index (χ2n) is 4.90. The van der Waals surface area contributed by atoms with Gasteiger partial charge in [-0.25, -0.2) is 0 Å². The van der Waals surface area contributed by atoms with Crippen LogP contribution in [0, 0.1) is 10.8 Å². The second-order valence-corrected chi connectivity index (χ2v) is 4.90. The van der Waals surface area contributed by atoms with E-state index in [-0.39, 0.29) is 11.5 Å². The predicted molar refractivity (Wildman–Crippen MR) is 70.9 cm³/mol. The molecule has 0 aromatic heterocycles. The maximum absolute atomic E-state index is 10.9. The average molecular weight is 232 g/mol. The Morgan fingerprint density at radius 1 is 1.41 bits per heavy atom. The molecule has 1 rings (SSSR count). The molecule has 0 heterocycles. The van der Waals surface area contributed by atoms with Crippen molar-refractivity contribution in [1.82, 2.24) is 4.90 Å². The van der Waals surface area contributed by atoms with Crippen LogP contribution in [0.5, 0.6) is 0 Å². The standard InChI is InChI=1S/C14H20N2O/c1-5-11-12(6-2)14(3,4)8-7-13(11)16(9-15)10-17/h5-6,9-10,13,15H,1-2,7-8H2,3-4H3. The number of carbonyl (C=O) groups is 1. The molecule has 1 unspecified atom stereocenters. The molecule has 1 aliphatic rings. The molecule has 92 valence electrons. The summed E-state index contributed by atoms with van der Waals surface area (Å²) in [5.74, 6) is 0. The number of hydrogen-bond acceptors (Lipinski definition) is 2. The lowest BCUT2D eigenvalue weighted by Gasteiger charge is -2.39. The first-order valence-electron chi connectivity index (χ1n) is 5.74. The summed E-state index contributed by atoms with van der Waals surface area (Å²) in [5, 5.41) is 7.27. The molecule has 0 saturated heterocycles. The second kappa shape index (κ2) is 5.13. The van der Waals surface area contributed by atoms with Gasteiger partial charge in [0.1, 0.15) is 0 Å². The minimum Gasteiger partial charge on any atom is -0.298 e. The van der Waals surface area contributed by atoms with Crippen LogP contribution in [-0.2, 0) is 4.79 Å². The van der Waals surface area contributed by atoms with Crippen LogP contribution in [0.2, 0.25) is 0 Å². The van der Waals surface area contributed by atoms with E-state index < -0.39 is 0 Å². The zero-order valence-electron chi connectivity index (χ0n) is 10.6. The van der Waals surface area contributed by atoms with Crippen molar-refractivity contribution in [3.63, 3.8) is 0 Å². The maximum atomic E-state index is 10.9. The number of rotatable bonds is 5. The molecule has 0 aromatic rings. The minimum atomic E-state index is -0.0801. The summed E-state index contributed by atoms with van der Waals surface area (Å²) in [5.41, 5.74) is 2.18. The van der Waals surface area contributed by atoms with E-state index in [1.807, 2.05) is 6.08 Å². The van der Waals surface area contributed by atoms with Gasteiger partial charge in [0.15, 0.2) is 0 Å². The zero-order chi connectivity index (χ0) is 13.1. The molecule has 1 aliphatic carbocycles. The summed E-state index contributed by atoms with van der Waals surface area (Å²) in [6.07, 6.45) is 7.20. The molecule has 0 aliphatic heterocycles. The van der Waals surface area contributed by atoms with Gasteiger partial charge >= 0.3 is 0 Å². The lowest BCUT2D eigenvalue weighted by atomic mass is 9.70. The van der Waals surface area contributed by atoms with Crippen molar-refractivity contribution in [3.8, 4) is 0 Å². The van der Waals surface area contributed by atoms with E-state index in [0.717, 1.165) is 30.3 Å². The van der Waals surface area contributed by atoms with Gasteiger partial charge in [-0.15, -0.1) is 0 Å². The highest BCUT2D eigenvalue weighted by atomic mass is 16.1. The van der Waals surface area contributed by atoms with Gasteiger partial charge in [-0.2, -0.15) is 0 Å². The third-order valence-electron chi connectivity index (χ3n) is 3.50. The van der Waals surface area contributed by atoms with E-state index in [2.05, 4.69) is 27.0 Å². The Morgan fingerprint density at radius 3 is 2.47 bits per heavy atom. The average Bonchev–Trinajstić information content (AvgIpc) is 2.31. The van der Waals surface area contributed by atoms with Crippen molar-refractivity contribution >= 4 is 12.7 Å². The van der Waals surface area contributed by atoms with Gasteiger partial charge in [-0.05, 0) is 29.4 Å². The fourth-order valence-electron chi connectivity index (χ4n) is 2.50. The van der Waals surface area contributed by atoms with Crippen molar-refractivity contribution in [2.24, 2.45) is 5.41 Å². The Kier molecular flexibility index (Phi) is 4.05. The molecule has 1 atom stereocenters. The predicted octanol–water partition coefficient (Wildman–Crippen LogP) is 2.91. The van der Waals surface area contributed by atoms with Gasteiger partial charge in [0, 0.05) is 0 Å². The van der Waals surface area contributed by atoms with Crippen LogP contribution >= 0.6 is 0 Å². The molecular formula is C14H20N2O. The number of carbonyl (C=O) groups excluding carboxylic acids is 1. The Morgan fingerprint density at radius 2 is 2.06 bits per heavy atom. The van der Waals surface area contributed by atoms with Crippen LogP contribution in [0.25, 0.3) is 0 Å². The van der Waals surface area contributed by atoms with Gasteiger partial charge in [0.2, 0.25) is 6.41 Å². The van der Waals surface area contributed by atoms with E-state index in [4.69, 9.17) is 5.41 Å².